The van der Waals surface area contributed by atoms with Gasteiger partial charge in [-0.1, -0.05) is 19.8 Å². The van der Waals surface area contributed by atoms with E-state index in [-0.39, 0.29) is 64.9 Å². The third-order valence-electron chi connectivity index (χ3n) is 0.998. The zero-order chi connectivity index (χ0) is 11.8. The van der Waals surface area contributed by atoms with Crippen molar-refractivity contribution in [1.29, 1.82) is 0 Å². The van der Waals surface area contributed by atoms with Crippen LogP contribution in [0.25, 0.3) is 0 Å². The van der Waals surface area contributed by atoms with Gasteiger partial charge >= 0.3 is 59.1 Å². The standard InChI is InChI=1S/C5H12O3S.2Na.H2O4S/c1-2-3-4-5-9(6,7)8;;;1-5(2,3)4/h2-5H2,1H3,(H,6,7,8);;;(H2,1,2,3,4)/q;2*+1;/p-2. The fraction of sp³-hybridized carbons (Fsp3) is 1.00. The van der Waals surface area contributed by atoms with Crippen molar-refractivity contribution in [2.75, 3.05) is 5.75 Å². The van der Waals surface area contributed by atoms with Gasteiger partial charge < -0.3 is 9.11 Å². The molecule has 1 N–H and O–H groups in total. The van der Waals surface area contributed by atoms with Gasteiger partial charge in [-0.3, -0.25) is 4.55 Å². The Bertz CT molecular complexity index is 315. The summed E-state index contributed by atoms with van der Waals surface area (Å²) in [6.07, 6.45) is 2.26. The minimum absolute atomic E-state index is 0. The van der Waals surface area contributed by atoms with Gasteiger partial charge in [-0.25, -0.2) is 16.8 Å². The molecule has 0 saturated carbocycles. The average Bonchev–Trinajstić information content (AvgIpc) is 1.80. The van der Waals surface area contributed by atoms with Crippen LogP contribution in [0.2, 0.25) is 0 Å². The molecule has 7 nitrogen and oxygen atoms in total. The smallest absolute Gasteiger partial charge is 0.748 e. The molecule has 0 aliphatic heterocycles. The van der Waals surface area contributed by atoms with Gasteiger partial charge in [-0.05, 0) is 6.42 Å². The number of rotatable bonds is 4. The maximum absolute atomic E-state index is 9.95. The first kappa shape index (κ1) is 26.4. The van der Waals surface area contributed by atoms with Crippen LogP contribution in [0.3, 0.4) is 0 Å². The van der Waals surface area contributed by atoms with Crippen LogP contribution in [0.1, 0.15) is 26.2 Å². The molecule has 0 fully saturated rings. The number of hydrogen-bond acceptors (Lipinski definition) is 6. The summed E-state index contributed by atoms with van der Waals surface area (Å²) in [4.78, 5) is 0. The van der Waals surface area contributed by atoms with Crippen molar-refractivity contribution in [3.63, 3.8) is 0 Å². The van der Waals surface area contributed by atoms with Crippen molar-refractivity contribution in [2.24, 2.45) is 0 Å². The minimum Gasteiger partial charge on any atom is -0.748 e. The van der Waals surface area contributed by atoms with Crippen LogP contribution in [-0.2, 0) is 20.5 Å². The molecule has 0 radical (unpaired) electrons. The molecule has 0 heterocycles. The summed E-state index contributed by atoms with van der Waals surface area (Å²) < 4.78 is 62.7. The van der Waals surface area contributed by atoms with E-state index in [9.17, 15) is 13.0 Å². The Morgan fingerprint density at radius 1 is 1.00 bits per heavy atom. The summed E-state index contributed by atoms with van der Waals surface area (Å²) >= 11 is 0. The molecule has 0 aromatic carbocycles. The van der Waals surface area contributed by atoms with Gasteiger partial charge in [0.15, 0.2) is 0 Å². The van der Waals surface area contributed by atoms with Crippen LogP contribution in [0.4, 0.5) is 0 Å². The number of hydrogen-bond donors (Lipinski definition) is 1. The predicted molar refractivity (Wildman–Crippen MR) is 46.4 cm³/mol. The summed E-state index contributed by atoms with van der Waals surface area (Å²) in [5.74, 6) is -0.208. The van der Waals surface area contributed by atoms with Gasteiger partial charge in [0.05, 0.1) is 10.1 Å². The molecule has 0 rings (SSSR count). The second-order valence-corrected chi connectivity index (χ2v) is 4.78. The van der Waals surface area contributed by atoms with E-state index >= 15 is 0 Å². The zero-order valence-electron chi connectivity index (χ0n) is 9.54. The fourth-order valence-corrected chi connectivity index (χ4v) is 1.09. The third-order valence-corrected chi connectivity index (χ3v) is 1.79. The van der Waals surface area contributed by atoms with Crippen molar-refractivity contribution in [3.8, 4) is 0 Å². The van der Waals surface area contributed by atoms with Crippen molar-refractivity contribution in [2.45, 2.75) is 26.2 Å². The van der Waals surface area contributed by atoms with Gasteiger partial charge in [-0.15, -0.1) is 0 Å². The van der Waals surface area contributed by atoms with Gasteiger partial charge in [-0.2, -0.15) is 0 Å². The van der Waals surface area contributed by atoms with E-state index in [0.717, 1.165) is 12.8 Å². The van der Waals surface area contributed by atoms with Crippen LogP contribution in [0, 0.1) is 0 Å². The van der Waals surface area contributed by atoms with E-state index in [2.05, 4.69) is 0 Å². The topological polar surface area (TPSA) is 135 Å². The van der Waals surface area contributed by atoms with E-state index in [1.807, 2.05) is 6.92 Å². The van der Waals surface area contributed by atoms with Gasteiger partial charge in [0.1, 0.15) is 0 Å². The molecule has 0 spiro atoms. The largest absolute Gasteiger partial charge is 1.00 e. The monoisotopic (exact) mass is 294 g/mol. The van der Waals surface area contributed by atoms with Gasteiger partial charge in [0, 0.05) is 5.75 Å². The summed E-state index contributed by atoms with van der Waals surface area (Å²) in [5, 5.41) is 0. The van der Waals surface area contributed by atoms with Crippen molar-refractivity contribution in [1.82, 2.24) is 0 Å². The molecule has 0 unspecified atom stereocenters. The maximum Gasteiger partial charge on any atom is 1.00 e. The number of unbranched alkanes of at least 4 members (excludes halogenated alkanes) is 2. The predicted octanol–water partition coefficient (Wildman–Crippen LogP) is -6.27. The first-order valence-corrected chi connectivity index (χ1v) is 6.62. The normalized spacial score (nSPS) is 10.2. The van der Waals surface area contributed by atoms with Crippen molar-refractivity contribution in [3.05, 3.63) is 0 Å². The van der Waals surface area contributed by atoms with Gasteiger partial charge in [0.25, 0.3) is 0 Å². The first-order valence-electron chi connectivity index (χ1n) is 3.68. The van der Waals surface area contributed by atoms with Crippen LogP contribution in [0.5, 0.6) is 0 Å². The van der Waals surface area contributed by atoms with E-state index in [1.165, 1.54) is 0 Å². The molecule has 88 valence electrons. The maximum atomic E-state index is 9.95. The molecular weight excluding hydrogens is 282 g/mol. The molecule has 0 amide bonds. The van der Waals surface area contributed by atoms with E-state index < -0.39 is 20.5 Å². The van der Waals surface area contributed by atoms with Gasteiger partial charge in [0.2, 0.25) is 10.4 Å². The molecule has 11 heteroatoms. The second-order valence-electron chi connectivity index (χ2n) is 2.40. The van der Waals surface area contributed by atoms with Crippen LogP contribution < -0.4 is 59.1 Å². The summed E-state index contributed by atoms with van der Waals surface area (Å²) in [6.45, 7) is 1.96. The molecule has 0 aromatic heterocycles. The van der Waals surface area contributed by atoms with Crippen molar-refractivity contribution >= 4 is 20.5 Å². The third kappa shape index (κ3) is 57.0. The fourth-order valence-electron chi connectivity index (χ4n) is 0.529. The first-order chi connectivity index (χ1) is 6.06. The van der Waals surface area contributed by atoms with Crippen LogP contribution >= 0.6 is 0 Å². The molecule has 0 aliphatic carbocycles. The van der Waals surface area contributed by atoms with E-state index in [0.29, 0.717) is 6.42 Å². The van der Waals surface area contributed by atoms with Crippen LogP contribution in [-0.4, -0.2) is 36.2 Å². The molecule has 0 bridgehead atoms. The Morgan fingerprint density at radius 2 is 1.31 bits per heavy atom. The Labute approximate surface area is 140 Å². The van der Waals surface area contributed by atoms with Crippen molar-refractivity contribution < 1.29 is 89.6 Å². The molecule has 16 heavy (non-hydrogen) atoms. The molecule has 0 aromatic rings. The zero-order valence-corrected chi connectivity index (χ0v) is 15.2. The Hall–Kier alpha value is 1.78. The van der Waals surface area contributed by atoms with Crippen LogP contribution in [0.15, 0.2) is 0 Å². The quantitative estimate of drug-likeness (QED) is 0.236. The summed E-state index contributed by atoms with van der Waals surface area (Å²) in [6, 6.07) is 0. The average molecular weight is 294 g/mol. The minimum atomic E-state index is -4.92. The molecule has 0 saturated heterocycles. The Balaban J connectivity index is -0.0000000904. The SMILES string of the molecule is CCCCCS(=O)(=O)[O-].O=S(=O)([O-])O.[Na+].[Na+]. The molecular formula is C5H12Na2O7S2. The Morgan fingerprint density at radius 3 is 1.50 bits per heavy atom. The summed E-state index contributed by atoms with van der Waals surface area (Å²) in [7, 11) is -8.86. The molecule has 0 aliphatic rings. The second kappa shape index (κ2) is 13.2. The summed E-state index contributed by atoms with van der Waals surface area (Å²) in [5.41, 5.74) is 0. The molecule has 0 atom stereocenters. The van der Waals surface area contributed by atoms with E-state index in [1.54, 1.807) is 0 Å². The Kier molecular flexibility index (Phi) is 21.8. The van der Waals surface area contributed by atoms with E-state index in [4.69, 9.17) is 17.5 Å².